The van der Waals surface area contributed by atoms with Crippen LogP contribution in [0.5, 0.6) is 11.5 Å². The van der Waals surface area contributed by atoms with E-state index in [1.807, 2.05) is 19.1 Å². The van der Waals surface area contributed by atoms with Crippen LogP contribution in [0.1, 0.15) is 31.9 Å². The van der Waals surface area contributed by atoms with Crippen LogP contribution in [0.3, 0.4) is 0 Å². The molecule has 0 aromatic heterocycles. The second-order valence-electron chi connectivity index (χ2n) is 5.13. The van der Waals surface area contributed by atoms with Crippen molar-refractivity contribution in [2.45, 2.75) is 32.4 Å². The van der Waals surface area contributed by atoms with Crippen molar-refractivity contribution >= 4 is 11.6 Å². The monoisotopic (exact) mass is 262 g/mol. The topological polar surface area (TPSA) is 64.8 Å². The Kier molecular flexibility index (Phi) is 2.86. The van der Waals surface area contributed by atoms with Crippen LogP contribution in [-0.4, -0.2) is 25.2 Å². The fourth-order valence-corrected chi connectivity index (χ4v) is 2.92. The van der Waals surface area contributed by atoms with Gasteiger partial charge in [0.25, 0.3) is 0 Å². The zero-order valence-electron chi connectivity index (χ0n) is 11.2. The number of rotatable bonds is 0. The summed E-state index contributed by atoms with van der Waals surface area (Å²) in [5.41, 5.74) is 8.00. The van der Waals surface area contributed by atoms with Gasteiger partial charge >= 0.3 is 0 Å². The molecule has 0 radical (unpaired) electrons. The Balaban J connectivity index is 2.14. The van der Waals surface area contributed by atoms with E-state index in [1.165, 1.54) is 0 Å². The van der Waals surface area contributed by atoms with Crippen molar-refractivity contribution in [2.24, 2.45) is 5.73 Å². The first-order valence-corrected chi connectivity index (χ1v) is 6.57. The van der Waals surface area contributed by atoms with Gasteiger partial charge in [0.05, 0.1) is 5.69 Å². The average Bonchev–Trinajstić information content (AvgIpc) is 2.36. The Labute approximate surface area is 112 Å². The lowest BCUT2D eigenvalue weighted by Gasteiger charge is -2.38. The minimum atomic E-state index is -0.0728. The molecule has 1 aromatic rings. The molecular weight excluding hydrogens is 244 g/mol. The van der Waals surface area contributed by atoms with Crippen LogP contribution in [-0.2, 0) is 4.79 Å². The normalized spacial score (nSPS) is 24.9. The second kappa shape index (κ2) is 4.42. The number of carbonyl (C=O) groups is 1. The minimum absolute atomic E-state index is 0.0253. The standard InChI is InChI=1S/C14H18N2O3/c1-8-5-11(15)10-6-13-14(19-4-3-18-13)7-12(10)16(8)9(2)17/h6-8,11H,3-5,15H2,1-2H3/t8-,11+/m1/s1. The lowest BCUT2D eigenvalue weighted by atomic mass is 9.91. The molecular formula is C14H18N2O3. The van der Waals surface area contributed by atoms with E-state index in [9.17, 15) is 4.79 Å². The molecule has 0 aliphatic carbocycles. The van der Waals surface area contributed by atoms with Gasteiger partial charge in [-0.2, -0.15) is 0 Å². The maximum absolute atomic E-state index is 11.9. The van der Waals surface area contributed by atoms with Crippen molar-refractivity contribution in [2.75, 3.05) is 18.1 Å². The van der Waals surface area contributed by atoms with Gasteiger partial charge in [-0.25, -0.2) is 0 Å². The molecule has 0 bridgehead atoms. The summed E-state index contributed by atoms with van der Waals surface area (Å²) in [7, 11) is 0. The number of hydrogen-bond acceptors (Lipinski definition) is 4. The molecule has 1 aromatic carbocycles. The van der Waals surface area contributed by atoms with Gasteiger partial charge in [0.2, 0.25) is 5.91 Å². The molecule has 0 spiro atoms. The molecule has 3 rings (SSSR count). The van der Waals surface area contributed by atoms with Crippen molar-refractivity contribution in [3.63, 3.8) is 0 Å². The van der Waals surface area contributed by atoms with Crippen LogP contribution < -0.4 is 20.1 Å². The molecule has 102 valence electrons. The Hall–Kier alpha value is -1.75. The molecule has 0 saturated carbocycles. The zero-order chi connectivity index (χ0) is 13.6. The number of nitrogens with two attached hydrogens (primary N) is 1. The van der Waals surface area contributed by atoms with Crippen LogP contribution in [0.4, 0.5) is 5.69 Å². The number of ether oxygens (including phenoxy) is 2. The van der Waals surface area contributed by atoms with E-state index in [-0.39, 0.29) is 18.0 Å². The summed E-state index contributed by atoms with van der Waals surface area (Å²) in [6.07, 6.45) is 0.756. The molecule has 0 unspecified atom stereocenters. The van der Waals surface area contributed by atoms with Crippen LogP contribution in [0.2, 0.25) is 0 Å². The first-order valence-electron chi connectivity index (χ1n) is 6.57. The lowest BCUT2D eigenvalue weighted by molar-refractivity contribution is -0.117. The molecule has 5 heteroatoms. The third-order valence-corrected chi connectivity index (χ3v) is 3.73. The average molecular weight is 262 g/mol. The third-order valence-electron chi connectivity index (χ3n) is 3.73. The Morgan fingerprint density at radius 1 is 1.32 bits per heavy atom. The fraction of sp³-hybridized carbons (Fsp3) is 0.500. The highest BCUT2D eigenvalue weighted by Gasteiger charge is 2.32. The number of benzene rings is 1. The summed E-state index contributed by atoms with van der Waals surface area (Å²) >= 11 is 0. The first-order chi connectivity index (χ1) is 9.08. The molecule has 19 heavy (non-hydrogen) atoms. The smallest absolute Gasteiger partial charge is 0.224 e. The van der Waals surface area contributed by atoms with E-state index in [0.29, 0.717) is 19.0 Å². The number of amides is 1. The van der Waals surface area contributed by atoms with Crippen LogP contribution in [0.15, 0.2) is 12.1 Å². The quantitative estimate of drug-likeness (QED) is 0.771. The van der Waals surface area contributed by atoms with E-state index < -0.39 is 0 Å². The summed E-state index contributed by atoms with van der Waals surface area (Å²) in [6, 6.07) is 3.82. The van der Waals surface area contributed by atoms with Gasteiger partial charge in [-0.15, -0.1) is 0 Å². The van der Waals surface area contributed by atoms with Crippen molar-refractivity contribution < 1.29 is 14.3 Å². The number of nitrogens with zero attached hydrogens (tertiary/aromatic N) is 1. The van der Waals surface area contributed by atoms with Crippen LogP contribution >= 0.6 is 0 Å². The Morgan fingerprint density at radius 2 is 1.95 bits per heavy atom. The van der Waals surface area contributed by atoms with Crippen molar-refractivity contribution in [1.82, 2.24) is 0 Å². The highest BCUT2D eigenvalue weighted by atomic mass is 16.6. The minimum Gasteiger partial charge on any atom is -0.486 e. The van der Waals surface area contributed by atoms with E-state index in [0.717, 1.165) is 23.4 Å². The number of hydrogen-bond donors (Lipinski definition) is 1. The van der Waals surface area contributed by atoms with E-state index >= 15 is 0 Å². The third kappa shape index (κ3) is 1.94. The molecule has 0 fully saturated rings. The van der Waals surface area contributed by atoms with Crippen molar-refractivity contribution in [3.05, 3.63) is 17.7 Å². The summed E-state index contributed by atoms with van der Waals surface area (Å²) in [5, 5.41) is 0. The van der Waals surface area contributed by atoms with Crippen LogP contribution in [0, 0.1) is 0 Å². The van der Waals surface area contributed by atoms with Crippen molar-refractivity contribution in [3.8, 4) is 11.5 Å². The molecule has 2 aliphatic rings. The zero-order valence-corrected chi connectivity index (χ0v) is 11.2. The lowest BCUT2D eigenvalue weighted by Crippen LogP contribution is -2.43. The van der Waals surface area contributed by atoms with Crippen molar-refractivity contribution in [1.29, 1.82) is 0 Å². The van der Waals surface area contributed by atoms with E-state index in [2.05, 4.69) is 0 Å². The Morgan fingerprint density at radius 3 is 2.58 bits per heavy atom. The SMILES string of the molecule is CC(=O)N1c2cc3c(cc2[C@@H](N)C[C@H]1C)OCCO3. The summed E-state index contributed by atoms with van der Waals surface area (Å²) in [6.45, 7) is 4.68. The summed E-state index contributed by atoms with van der Waals surface area (Å²) < 4.78 is 11.2. The van der Waals surface area contributed by atoms with Gasteiger partial charge < -0.3 is 20.1 Å². The van der Waals surface area contributed by atoms with Gasteiger partial charge in [0.15, 0.2) is 11.5 Å². The molecule has 2 heterocycles. The largest absolute Gasteiger partial charge is 0.486 e. The van der Waals surface area contributed by atoms with Crippen LogP contribution in [0.25, 0.3) is 0 Å². The maximum atomic E-state index is 11.9. The highest BCUT2D eigenvalue weighted by molar-refractivity contribution is 5.94. The van der Waals surface area contributed by atoms with E-state index in [1.54, 1.807) is 11.8 Å². The Bertz CT molecular complexity index is 530. The molecule has 2 N–H and O–H groups in total. The molecule has 5 nitrogen and oxygen atoms in total. The fourth-order valence-electron chi connectivity index (χ4n) is 2.92. The summed E-state index contributed by atoms with van der Waals surface area (Å²) in [5.74, 6) is 1.44. The summed E-state index contributed by atoms with van der Waals surface area (Å²) in [4.78, 5) is 13.6. The number of carbonyl (C=O) groups excluding carboxylic acids is 1. The predicted octanol–water partition coefficient (Wildman–Crippen LogP) is 1.60. The molecule has 0 saturated heterocycles. The molecule has 2 aliphatic heterocycles. The second-order valence-corrected chi connectivity index (χ2v) is 5.13. The van der Waals surface area contributed by atoms with Gasteiger partial charge in [-0.1, -0.05) is 0 Å². The maximum Gasteiger partial charge on any atom is 0.224 e. The number of fused-ring (bicyclic) bond motifs is 2. The van der Waals surface area contributed by atoms with Gasteiger partial charge in [0.1, 0.15) is 13.2 Å². The van der Waals surface area contributed by atoms with E-state index in [4.69, 9.17) is 15.2 Å². The van der Waals surface area contributed by atoms with Gasteiger partial charge in [-0.3, -0.25) is 4.79 Å². The first kappa shape index (κ1) is 12.3. The molecule has 1 amide bonds. The predicted molar refractivity (Wildman–Crippen MR) is 71.6 cm³/mol. The van der Waals surface area contributed by atoms with Gasteiger partial charge in [0, 0.05) is 25.1 Å². The number of anilines is 1. The highest BCUT2D eigenvalue weighted by Crippen LogP contribution is 2.43. The van der Waals surface area contributed by atoms with Gasteiger partial charge in [-0.05, 0) is 25.0 Å². The molecule has 2 atom stereocenters.